The van der Waals surface area contributed by atoms with E-state index in [-0.39, 0.29) is 26.1 Å². The van der Waals surface area contributed by atoms with Crippen molar-refractivity contribution < 1.29 is 42.1 Å². The van der Waals surface area contributed by atoms with Gasteiger partial charge in [0.25, 0.3) is 0 Å². The van der Waals surface area contributed by atoms with Gasteiger partial charge in [0.2, 0.25) is 0 Å². The van der Waals surface area contributed by atoms with E-state index in [4.69, 9.17) is 18.5 Å². The van der Waals surface area contributed by atoms with Crippen LogP contribution in [0.25, 0.3) is 0 Å². The summed E-state index contributed by atoms with van der Waals surface area (Å²) in [6, 6.07) is 0. The highest BCUT2D eigenvalue weighted by Gasteiger charge is 2.27. The lowest BCUT2D eigenvalue weighted by Crippen LogP contribution is -2.37. The second-order valence-corrected chi connectivity index (χ2v) is 17.5. The molecule has 0 saturated heterocycles. The average Bonchev–Trinajstić information content (AvgIpc) is 3.23. The fourth-order valence-electron chi connectivity index (χ4n) is 5.44. The molecule has 0 saturated carbocycles. The van der Waals surface area contributed by atoms with Crippen LogP contribution in [0.1, 0.15) is 142 Å². The Morgan fingerprint density at radius 1 is 0.500 bits per heavy atom. The second-order valence-electron chi connectivity index (χ2n) is 16.0. The van der Waals surface area contributed by atoms with Crippen LogP contribution in [-0.2, 0) is 32.7 Å². The highest BCUT2D eigenvalue weighted by atomic mass is 31.2. The van der Waals surface area contributed by atoms with Crippen molar-refractivity contribution in [3.05, 3.63) is 122 Å². The van der Waals surface area contributed by atoms with Crippen LogP contribution in [0.2, 0.25) is 0 Å². The molecule has 0 amide bonds. The van der Waals surface area contributed by atoms with Gasteiger partial charge in [-0.15, -0.1) is 0 Å². The zero-order chi connectivity index (χ0) is 45.7. The number of phosphoric ester groups is 1. The molecule has 0 radical (unpaired) electrons. The molecular weight excluding hydrogens is 798 g/mol. The maximum absolute atomic E-state index is 12.7. The van der Waals surface area contributed by atoms with Gasteiger partial charge in [-0.3, -0.25) is 18.6 Å². The Hall–Kier alpha value is -3.59. The molecule has 0 aliphatic heterocycles. The van der Waals surface area contributed by atoms with Crippen LogP contribution in [0.4, 0.5) is 0 Å². The number of likely N-dealkylation sites (N-methyl/N-ethyl adjacent to an activating group) is 1. The zero-order valence-electron chi connectivity index (χ0n) is 39.3. The van der Waals surface area contributed by atoms with Crippen LogP contribution in [0.5, 0.6) is 0 Å². The minimum atomic E-state index is -4.41. The van der Waals surface area contributed by atoms with E-state index in [9.17, 15) is 19.0 Å². The predicted octanol–water partition coefficient (Wildman–Crippen LogP) is 13.7. The number of allylic oxidation sites excluding steroid dienone is 20. The van der Waals surface area contributed by atoms with Crippen molar-refractivity contribution in [2.24, 2.45) is 0 Å². The maximum Gasteiger partial charge on any atom is 0.472 e. The summed E-state index contributed by atoms with van der Waals surface area (Å²) < 4.78 is 34.2. The summed E-state index contributed by atoms with van der Waals surface area (Å²) in [5.74, 6) is -0.925. The fraction of sp³-hybridized carbons (Fsp3) is 0.577. The topological polar surface area (TPSA) is 108 Å². The molecule has 0 aromatic heterocycles. The van der Waals surface area contributed by atoms with E-state index in [0.717, 1.165) is 103 Å². The lowest BCUT2D eigenvalue weighted by molar-refractivity contribution is -0.870. The number of hydrogen-bond acceptors (Lipinski definition) is 7. The number of carbonyl (C=O) groups excluding carboxylic acids is 2. The number of hydrogen-bond donors (Lipinski definition) is 1. The fourth-order valence-corrected chi connectivity index (χ4v) is 6.18. The Labute approximate surface area is 378 Å². The van der Waals surface area contributed by atoms with Gasteiger partial charge >= 0.3 is 19.8 Å². The lowest BCUT2D eigenvalue weighted by Gasteiger charge is -2.24. The molecule has 0 heterocycles. The van der Waals surface area contributed by atoms with Gasteiger partial charge in [0.05, 0.1) is 27.7 Å². The van der Waals surface area contributed by atoms with E-state index < -0.39 is 32.5 Å². The molecule has 0 aliphatic carbocycles. The molecule has 2 unspecified atom stereocenters. The van der Waals surface area contributed by atoms with Gasteiger partial charge in [-0.2, -0.15) is 0 Å². The van der Waals surface area contributed by atoms with Crippen molar-refractivity contribution in [1.82, 2.24) is 0 Å². The summed E-state index contributed by atoms with van der Waals surface area (Å²) in [6.45, 7) is 4.05. The highest BCUT2D eigenvalue weighted by Crippen LogP contribution is 2.43. The maximum atomic E-state index is 12.7. The first-order valence-corrected chi connectivity index (χ1v) is 24.8. The number of esters is 2. The molecule has 0 fully saturated rings. The summed E-state index contributed by atoms with van der Waals surface area (Å²) in [6.07, 6.45) is 59.9. The van der Waals surface area contributed by atoms with Gasteiger partial charge in [-0.1, -0.05) is 161 Å². The zero-order valence-corrected chi connectivity index (χ0v) is 40.2. The SMILES string of the molecule is CC/C=C\C/C=C\C/C=C\C/C=C\C/C=C\C/C=C\CCCCCCCCC(=O)OC(COC(=O)CC/C=C\C/C=C\C/C=C\C/C=C\CC)COP(=O)(O)OCC[N+](C)(C)C. The molecule has 1 N–H and O–H groups in total. The molecule has 10 heteroatoms. The van der Waals surface area contributed by atoms with E-state index in [1.165, 1.54) is 0 Å². The van der Waals surface area contributed by atoms with Crippen LogP contribution >= 0.6 is 7.82 Å². The van der Waals surface area contributed by atoms with Gasteiger partial charge in [0.1, 0.15) is 19.8 Å². The normalized spacial score (nSPS) is 14.6. The first-order chi connectivity index (χ1) is 30.0. The summed E-state index contributed by atoms with van der Waals surface area (Å²) in [4.78, 5) is 35.4. The van der Waals surface area contributed by atoms with E-state index in [0.29, 0.717) is 23.9 Å². The summed E-state index contributed by atoms with van der Waals surface area (Å²) >= 11 is 0. The molecule has 0 bridgehead atoms. The Morgan fingerprint density at radius 3 is 1.35 bits per heavy atom. The number of phosphoric acid groups is 1. The second kappa shape index (κ2) is 42.7. The van der Waals surface area contributed by atoms with Gasteiger partial charge < -0.3 is 18.9 Å². The van der Waals surface area contributed by atoms with Crippen molar-refractivity contribution >= 4 is 19.8 Å². The van der Waals surface area contributed by atoms with Gasteiger partial charge in [0, 0.05) is 12.8 Å². The van der Waals surface area contributed by atoms with Crippen LogP contribution < -0.4 is 0 Å². The molecule has 0 rings (SSSR count). The van der Waals surface area contributed by atoms with E-state index >= 15 is 0 Å². The molecule has 0 aromatic carbocycles. The Morgan fingerprint density at radius 2 is 0.903 bits per heavy atom. The monoisotopic (exact) mass is 883 g/mol. The standard InChI is InChI=1S/C52H84NO8P/c1-6-8-10-12-14-16-18-20-21-22-23-24-25-26-27-28-29-30-31-33-35-37-39-41-43-45-52(55)61-50(49-60-62(56,57)59-47-46-53(3,4)5)48-58-51(54)44-42-40-38-36-34-32-19-17-15-13-11-9-7-2/h8-11,14-17,20-21,23-24,26-27,29-30,32,34,38,40,50H,6-7,12-13,18-19,22,25,28,31,33,35-37,39,41-49H2,1-5H3/p+1/b10-8-,11-9-,16-14-,17-15-,21-20-,24-23-,27-26-,30-29-,34-32-,40-38-. The van der Waals surface area contributed by atoms with Crippen molar-refractivity contribution in [2.75, 3.05) is 47.5 Å². The number of unbranched alkanes of at least 4 members (excludes halogenated alkanes) is 6. The quantitative estimate of drug-likeness (QED) is 0.0213. The largest absolute Gasteiger partial charge is 0.472 e. The Kier molecular flexibility index (Phi) is 40.2. The van der Waals surface area contributed by atoms with Crippen LogP contribution in [-0.4, -0.2) is 74.9 Å². The van der Waals surface area contributed by atoms with Crippen molar-refractivity contribution in [3.8, 4) is 0 Å². The minimum Gasteiger partial charge on any atom is -0.462 e. The number of nitrogens with zero attached hydrogens (tertiary/aromatic N) is 1. The molecular formula is C52H85NO8P+. The lowest BCUT2D eigenvalue weighted by atomic mass is 10.1. The Bertz CT molecular complexity index is 1460. The van der Waals surface area contributed by atoms with Gasteiger partial charge in [-0.25, -0.2) is 4.57 Å². The highest BCUT2D eigenvalue weighted by molar-refractivity contribution is 7.47. The van der Waals surface area contributed by atoms with Crippen molar-refractivity contribution in [1.29, 1.82) is 0 Å². The number of quaternary nitrogens is 1. The smallest absolute Gasteiger partial charge is 0.462 e. The molecule has 9 nitrogen and oxygen atoms in total. The molecule has 0 aliphatic rings. The predicted molar refractivity (Wildman–Crippen MR) is 261 cm³/mol. The Balaban J connectivity index is 4.41. The average molecular weight is 883 g/mol. The molecule has 0 aromatic rings. The third kappa shape index (κ3) is 45.9. The van der Waals surface area contributed by atoms with E-state index in [2.05, 4.69) is 123 Å². The molecule has 2 atom stereocenters. The van der Waals surface area contributed by atoms with Crippen LogP contribution in [0.3, 0.4) is 0 Å². The van der Waals surface area contributed by atoms with E-state index in [1.54, 1.807) is 0 Å². The van der Waals surface area contributed by atoms with Crippen LogP contribution in [0.15, 0.2) is 122 Å². The summed E-state index contributed by atoms with van der Waals surface area (Å²) in [5, 5.41) is 0. The van der Waals surface area contributed by atoms with Gasteiger partial charge in [0.15, 0.2) is 6.10 Å². The van der Waals surface area contributed by atoms with E-state index in [1.807, 2.05) is 33.3 Å². The van der Waals surface area contributed by atoms with Crippen molar-refractivity contribution in [2.45, 2.75) is 148 Å². The summed E-state index contributed by atoms with van der Waals surface area (Å²) in [5.41, 5.74) is 0. The molecule has 0 spiro atoms. The minimum absolute atomic E-state index is 0.0104. The van der Waals surface area contributed by atoms with Gasteiger partial charge in [-0.05, 0) is 89.9 Å². The van der Waals surface area contributed by atoms with Crippen molar-refractivity contribution in [3.63, 3.8) is 0 Å². The number of ether oxygens (including phenoxy) is 2. The molecule has 350 valence electrons. The first-order valence-electron chi connectivity index (χ1n) is 23.3. The first kappa shape index (κ1) is 58.4. The third-order valence-electron chi connectivity index (χ3n) is 9.00. The number of carbonyl (C=O) groups is 2. The number of rotatable bonds is 40. The molecule has 62 heavy (non-hydrogen) atoms. The third-order valence-corrected chi connectivity index (χ3v) is 9.98. The summed E-state index contributed by atoms with van der Waals surface area (Å²) in [7, 11) is 1.41. The van der Waals surface area contributed by atoms with Crippen LogP contribution in [0, 0.1) is 0 Å².